The summed E-state index contributed by atoms with van der Waals surface area (Å²) < 4.78 is 5.30. The van der Waals surface area contributed by atoms with Crippen LogP contribution in [0, 0.1) is 18.8 Å². The number of methoxy groups -OCH3 is 1. The average molecular weight is 289 g/mol. The summed E-state index contributed by atoms with van der Waals surface area (Å²) in [5, 5.41) is 11.6. The number of carbonyl (C=O) groups is 1. The molecule has 1 aromatic rings. The number of carbonyl (C=O) groups excluding carboxylic acids is 1. The van der Waals surface area contributed by atoms with Gasteiger partial charge in [0.1, 0.15) is 5.60 Å². The van der Waals surface area contributed by atoms with E-state index in [4.69, 9.17) is 9.84 Å². The van der Waals surface area contributed by atoms with Crippen molar-refractivity contribution in [1.29, 1.82) is 0 Å². The first-order chi connectivity index (χ1) is 9.96. The van der Waals surface area contributed by atoms with Gasteiger partial charge in [0.05, 0.1) is 6.61 Å². The minimum absolute atomic E-state index is 0.0468. The van der Waals surface area contributed by atoms with E-state index < -0.39 is 5.60 Å². The summed E-state index contributed by atoms with van der Waals surface area (Å²) in [5.74, 6) is 5.66. The van der Waals surface area contributed by atoms with Crippen LogP contribution >= 0.6 is 0 Å². The molecule has 0 bridgehead atoms. The molecule has 0 saturated heterocycles. The molecule has 0 spiro atoms. The van der Waals surface area contributed by atoms with Crippen LogP contribution in [0.4, 0.5) is 5.69 Å². The van der Waals surface area contributed by atoms with E-state index in [1.165, 1.54) is 7.11 Å². The van der Waals surface area contributed by atoms with Crippen LogP contribution in [0.5, 0.6) is 0 Å². The Bertz CT molecular complexity index is 551. The number of anilines is 1. The Morgan fingerprint density at radius 2 is 2.19 bits per heavy atom. The predicted molar refractivity (Wildman–Crippen MR) is 84.1 cm³/mol. The van der Waals surface area contributed by atoms with Crippen molar-refractivity contribution < 1.29 is 14.6 Å². The molecule has 0 aliphatic rings. The van der Waals surface area contributed by atoms with Gasteiger partial charge in [-0.3, -0.25) is 4.79 Å². The van der Waals surface area contributed by atoms with Crippen molar-refractivity contribution in [2.24, 2.45) is 0 Å². The van der Waals surface area contributed by atoms with Gasteiger partial charge in [-0.05, 0) is 38.0 Å². The van der Waals surface area contributed by atoms with Crippen LogP contribution in [0.25, 0.3) is 0 Å². The zero-order valence-corrected chi connectivity index (χ0v) is 13.1. The topological polar surface area (TPSA) is 58.6 Å². The molecule has 0 aliphatic heterocycles. The molecule has 1 rings (SSSR count). The number of hydrogen-bond donors (Lipinski definition) is 2. The number of amides is 1. The first-order valence-corrected chi connectivity index (χ1v) is 7.03. The van der Waals surface area contributed by atoms with Gasteiger partial charge in [-0.25, -0.2) is 0 Å². The van der Waals surface area contributed by atoms with Gasteiger partial charge in [-0.2, -0.15) is 0 Å². The Balaban J connectivity index is 2.96. The van der Waals surface area contributed by atoms with E-state index in [2.05, 4.69) is 17.2 Å². The summed E-state index contributed by atoms with van der Waals surface area (Å²) in [4.78, 5) is 12.3. The van der Waals surface area contributed by atoms with E-state index >= 15 is 0 Å². The minimum atomic E-state index is -0.842. The molecule has 0 heterocycles. The first-order valence-electron chi connectivity index (χ1n) is 7.03. The lowest BCUT2D eigenvalue weighted by Gasteiger charge is -2.25. The number of aryl methyl sites for hydroxylation is 1. The van der Waals surface area contributed by atoms with Gasteiger partial charge in [0, 0.05) is 24.8 Å². The Labute approximate surface area is 126 Å². The summed E-state index contributed by atoms with van der Waals surface area (Å²) in [6.07, 6.45) is 1.03. The highest BCUT2D eigenvalue weighted by Crippen LogP contribution is 2.21. The van der Waals surface area contributed by atoms with E-state index in [1.54, 1.807) is 6.92 Å². The fraction of sp³-hybridized carbons (Fsp3) is 0.471. The summed E-state index contributed by atoms with van der Waals surface area (Å²) in [5.41, 5.74) is 1.66. The molecule has 0 saturated carbocycles. The van der Waals surface area contributed by atoms with Crippen molar-refractivity contribution in [2.45, 2.75) is 39.2 Å². The summed E-state index contributed by atoms with van der Waals surface area (Å²) in [6.45, 7) is 5.65. The van der Waals surface area contributed by atoms with Gasteiger partial charge in [-0.15, -0.1) is 0 Å². The van der Waals surface area contributed by atoms with Crippen LogP contribution in [0.1, 0.15) is 37.8 Å². The second kappa shape index (κ2) is 7.82. The number of hydrogen-bond acceptors (Lipinski definition) is 3. The number of nitrogens with one attached hydrogen (secondary N) is 1. The number of aliphatic hydroxyl groups is 1. The van der Waals surface area contributed by atoms with Crippen molar-refractivity contribution in [1.82, 2.24) is 0 Å². The quantitative estimate of drug-likeness (QED) is 0.819. The second-order valence-electron chi connectivity index (χ2n) is 5.05. The highest BCUT2D eigenvalue weighted by atomic mass is 16.5. The van der Waals surface area contributed by atoms with Gasteiger partial charge in [0.2, 0.25) is 0 Å². The highest BCUT2D eigenvalue weighted by Gasteiger charge is 2.31. The first kappa shape index (κ1) is 17.2. The third-order valence-electron chi connectivity index (χ3n) is 3.56. The fourth-order valence-electron chi connectivity index (χ4n) is 1.71. The molecule has 2 N–H and O–H groups in total. The van der Waals surface area contributed by atoms with Crippen LogP contribution in [0.3, 0.4) is 0 Å². The van der Waals surface area contributed by atoms with Crippen LogP contribution < -0.4 is 5.32 Å². The Hall–Kier alpha value is -1.83. The maximum Gasteiger partial charge on any atom is 0.256 e. The third kappa shape index (κ3) is 4.59. The molecular formula is C17H23NO3. The summed E-state index contributed by atoms with van der Waals surface area (Å²) in [7, 11) is 1.53. The smallest absolute Gasteiger partial charge is 0.256 e. The van der Waals surface area contributed by atoms with Crippen LogP contribution in [0.15, 0.2) is 18.2 Å². The second-order valence-corrected chi connectivity index (χ2v) is 5.05. The van der Waals surface area contributed by atoms with Crippen molar-refractivity contribution in [3.05, 3.63) is 29.3 Å². The van der Waals surface area contributed by atoms with Gasteiger partial charge in [0.15, 0.2) is 0 Å². The van der Waals surface area contributed by atoms with Gasteiger partial charge < -0.3 is 15.2 Å². The van der Waals surface area contributed by atoms with Crippen molar-refractivity contribution in [2.75, 3.05) is 19.0 Å². The lowest BCUT2D eigenvalue weighted by molar-refractivity contribution is -0.136. The van der Waals surface area contributed by atoms with E-state index in [1.807, 2.05) is 32.0 Å². The van der Waals surface area contributed by atoms with Crippen LogP contribution in [0.2, 0.25) is 0 Å². The average Bonchev–Trinajstić information content (AvgIpc) is 2.49. The molecular weight excluding hydrogens is 266 g/mol. The lowest BCUT2D eigenvalue weighted by atomic mass is 10.0. The molecule has 0 fully saturated rings. The van der Waals surface area contributed by atoms with Crippen molar-refractivity contribution in [3.8, 4) is 11.8 Å². The molecule has 0 radical (unpaired) electrons. The zero-order valence-electron chi connectivity index (χ0n) is 13.1. The molecule has 1 amide bonds. The number of aliphatic hydroxyl groups excluding tert-OH is 1. The SMILES string of the molecule is CCC(C)(OC)C(=O)Nc1cc(C#CCCO)ccc1C. The monoisotopic (exact) mass is 289 g/mol. The lowest BCUT2D eigenvalue weighted by Crippen LogP contribution is -2.41. The van der Waals surface area contributed by atoms with Crippen LogP contribution in [-0.4, -0.2) is 30.3 Å². The largest absolute Gasteiger partial charge is 0.395 e. The Morgan fingerprint density at radius 3 is 2.76 bits per heavy atom. The van der Waals surface area contributed by atoms with Crippen LogP contribution in [-0.2, 0) is 9.53 Å². The minimum Gasteiger partial charge on any atom is -0.395 e. The molecule has 1 aromatic carbocycles. The summed E-state index contributed by atoms with van der Waals surface area (Å²) in [6, 6.07) is 5.64. The van der Waals surface area contributed by atoms with Gasteiger partial charge in [0.25, 0.3) is 5.91 Å². The molecule has 1 unspecified atom stereocenters. The van der Waals surface area contributed by atoms with Gasteiger partial charge in [-0.1, -0.05) is 24.8 Å². The molecule has 0 aliphatic carbocycles. The standard InChI is InChI=1S/C17H23NO3/c1-5-17(3,21-4)16(20)18-15-12-14(8-6-7-11-19)10-9-13(15)2/h9-10,12,19H,5,7,11H2,1-4H3,(H,18,20). The predicted octanol–water partition coefficient (Wildman–Crippen LogP) is 2.48. The third-order valence-corrected chi connectivity index (χ3v) is 3.56. The highest BCUT2D eigenvalue weighted by molar-refractivity contribution is 5.97. The molecule has 0 aromatic heterocycles. The number of benzene rings is 1. The van der Waals surface area contributed by atoms with E-state index in [0.29, 0.717) is 12.8 Å². The summed E-state index contributed by atoms with van der Waals surface area (Å²) >= 11 is 0. The molecule has 114 valence electrons. The van der Waals surface area contributed by atoms with E-state index in [-0.39, 0.29) is 12.5 Å². The number of rotatable bonds is 5. The van der Waals surface area contributed by atoms with Crippen molar-refractivity contribution >= 4 is 11.6 Å². The van der Waals surface area contributed by atoms with Gasteiger partial charge >= 0.3 is 0 Å². The number of ether oxygens (including phenoxy) is 1. The fourth-order valence-corrected chi connectivity index (χ4v) is 1.71. The van der Waals surface area contributed by atoms with E-state index in [0.717, 1.165) is 16.8 Å². The molecule has 4 nitrogen and oxygen atoms in total. The Morgan fingerprint density at radius 1 is 1.48 bits per heavy atom. The maximum absolute atomic E-state index is 12.3. The molecule has 4 heteroatoms. The molecule has 21 heavy (non-hydrogen) atoms. The zero-order chi connectivity index (χ0) is 15.9. The van der Waals surface area contributed by atoms with E-state index in [9.17, 15) is 4.79 Å². The molecule has 1 atom stereocenters. The Kier molecular flexibility index (Phi) is 6.41. The normalized spacial score (nSPS) is 13.0. The maximum atomic E-state index is 12.3. The van der Waals surface area contributed by atoms with Crippen molar-refractivity contribution in [3.63, 3.8) is 0 Å².